The number of hydrogen-bond donors (Lipinski definition) is 0. The van der Waals surface area contributed by atoms with E-state index >= 15 is 0 Å². The molecule has 4 heteroatoms. The standard InChI is InChI=1S/C12H16BrClN2/c1-15-5-7-16(8-6-15)9-10-3-2-4-11(13)12(10)14/h2-4H,5-9H2,1H3. The van der Waals surface area contributed by atoms with E-state index in [0.29, 0.717) is 0 Å². The fraction of sp³-hybridized carbons (Fsp3) is 0.500. The van der Waals surface area contributed by atoms with E-state index in [0.717, 1.165) is 42.2 Å². The molecular weight excluding hydrogens is 288 g/mol. The zero-order valence-corrected chi connectivity index (χ0v) is 11.8. The van der Waals surface area contributed by atoms with Gasteiger partial charge in [0.2, 0.25) is 0 Å². The Morgan fingerprint density at radius 3 is 2.62 bits per heavy atom. The van der Waals surface area contributed by atoms with Crippen molar-refractivity contribution in [2.45, 2.75) is 6.54 Å². The Bertz CT molecular complexity index is 362. The van der Waals surface area contributed by atoms with Crippen molar-refractivity contribution >= 4 is 27.5 Å². The maximum absolute atomic E-state index is 6.26. The quantitative estimate of drug-likeness (QED) is 0.829. The molecule has 0 radical (unpaired) electrons. The third kappa shape index (κ3) is 2.98. The topological polar surface area (TPSA) is 6.48 Å². The maximum atomic E-state index is 6.26. The molecule has 1 fully saturated rings. The molecule has 0 unspecified atom stereocenters. The van der Waals surface area contributed by atoms with Gasteiger partial charge in [0.25, 0.3) is 0 Å². The summed E-state index contributed by atoms with van der Waals surface area (Å²) in [6.45, 7) is 5.49. The summed E-state index contributed by atoms with van der Waals surface area (Å²) in [5.41, 5.74) is 1.21. The Labute approximate surface area is 110 Å². The number of benzene rings is 1. The van der Waals surface area contributed by atoms with E-state index in [1.807, 2.05) is 12.1 Å². The molecule has 2 rings (SSSR count). The van der Waals surface area contributed by atoms with Crippen molar-refractivity contribution in [3.05, 3.63) is 33.3 Å². The zero-order chi connectivity index (χ0) is 11.5. The van der Waals surface area contributed by atoms with Crippen LogP contribution in [0.4, 0.5) is 0 Å². The second-order valence-electron chi connectivity index (χ2n) is 4.29. The molecule has 0 spiro atoms. The van der Waals surface area contributed by atoms with Crippen LogP contribution in [0.25, 0.3) is 0 Å². The van der Waals surface area contributed by atoms with E-state index in [4.69, 9.17) is 11.6 Å². The number of hydrogen-bond acceptors (Lipinski definition) is 2. The second-order valence-corrected chi connectivity index (χ2v) is 5.52. The third-order valence-electron chi connectivity index (χ3n) is 3.02. The Morgan fingerprint density at radius 1 is 1.25 bits per heavy atom. The van der Waals surface area contributed by atoms with Gasteiger partial charge in [-0.05, 0) is 34.6 Å². The Morgan fingerprint density at radius 2 is 1.94 bits per heavy atom. The van der Waals surface area contributed by atoms with Crippen LogP contribution in [-0.2, 0) is 6.54 Å². The van der Waals surface area contributed by atoms with Crippen molar-refractivity contribution in [2.24, 2.45) is 0 Å². The lowest BCUT2D eigenvalue weighted by Gasteiger charge is -2.32. The normalized spacial score (nSPS) is 18.9. The van der Waals surface area contributed by atoms with E-state index in [1.54, 1.807) is 0 Å². The van der Waals surface area contributed by atoms with Crippen molar-refractivity contribution in [2.75, 3.05) is 33.2 Å². The summed E-state index contributed by atoms with van der Waals surface area (Å²) in [7, 11) is 2.17. The molecule has 0 N–H and O–H groups in total. The van der Waals surface area contributed by atoms with Crippen LogP contribution in [0.5, 0.6) is 0 Å². The summed E-state index contributed by atoms with van der Waals surface area (Å²) < 4.78 is 0.987. The minimum atomic E-state index is 0.849. The summed E-state index contributed by atoms with van der Waals surface area (Å²) in [5, 5.41) is 0.849. The van der Waals surface area contributed by atoms with Crippen LogP contribution in [0.2, 0.25) is 5.02 Å². The van der Waals surface area contributed by atoms with Crippen LogP contribution in [0.15, 0.2) is 22.7 Å². The van der Waals surface area contributed by atoms with Crippen LogP contribution >= 0.6 is 27.5 Å². The summed E-state index contributed by atoms with van der Waals surface area (Å²) in [5.74, 6) is 0. The molecule has 1 heterocycles. The van der Waals surface area contributed by atoms with Crippen LogP contribution in [-0.4, -0.2) is 43.0 Å². The summed E-state index contributed by atoms with van der Waals surface area (Å²) in [6, 6.07) is 6.13. The predicted molar refractivity (Wildman–Crippen MR) is 71.9 cm³/mol. The number of nitrogens with zero attached hydrogens (tertiary/aromatic N) is 2. The van der Waals surface area contributed by atoms with Gasteiger partial charge in [-0.3, -0.25) is 4.90 Å². The molecule has 1 aromatic carbocycles. The van der Waals surface area contributed by atoms with Crippen molar-refractivity contribution in [3.8, 4) is 0 Å². The molecule has 0 bridgehead atoms. The minimum Gasteiger partial charge on any atom is -0.304 e. The summed E-state index contributed by atoms with van der Waals surface area (Å²) >= 11 is 9.72. The lowest BCUT2D eigenvalue weighted by Crippen LogP contribution is -2.43. The Hall–Kier alpha value is -0.0900. The van der Waals surface area contributed by atoms with Gasteiger partial charge >= 0.3 is 0 Å². The van der Waals surface area contributed by atoms with E-state index in [-0.39, 0.29) is 0 Å². The lowest BCUT2D eigenvalue weighted by atomic mass is 10.2. The highest BCUT2D eigenvalue weighted by Gasteiger charge is 2.15. The van der Waals surface area contributed by atoms with E-state index < -0.39 is 0 Å². The molecule has 0 amide bonds. The van der Waals surface area contributed by atoms with Crippen molar-refractivity contribution < 1.29 is 0 Å². The first-order chi connectivity index (χ1) is 7.66. The van der Waals surface area contributed by atoms with Gasteiger partial charge in [-0.1, -0.05) is 23.7 Å². The molecule has 1 saturated heterocycles. The van der Waals surface area contributed by atoms with E-state index in [9.17, 15) is 0 Å². The molecule has 0 aliphatic carbocycles. The molecule has 1 aliphatic rings. The first-order valence-corrected chi connectivity index (χ1v) is 6.67. The van der Waals surface area contributed by atoms with Crippen LogP contribution in [0.1, 0.15) is 5.56 Å². The average molecular weight is 304 g/mol. The van der Waals surface area contributed by atoms with Gasteiger partial charge < -0.3 is 4.90 Å². The first-order valence-electron chi connectivity index (χ1n) is 5.50. The smallest absolute Gasteiger partial charge is 0.0593 e. The lowest BCUT2D eigenvalue weighted by molar-refractivity contribution is 0.148. The Kier molecular flexibility index (Phi) is 4.25. The van der Waals surface area contributed by atoms with Crippen molar-refractivity contribution in [1.29, 1.82) is 0 Å². The summed E-state index contributed by atoms with van der Waals surface area (Å²) in [6.07, 6.45) is 0. The average Bonchev–Trinajstić information content (AvgIpc) is 2.28. The SMILES string of the molecule is CN1CCN(Cc2cccc(Br)c2Cl)CC1. The molecule has 0 aromatic heterocycles. The monoisotopic (exact) mass is 302 g/mol. The third-order valence-corrected chi connectivity index (χ3v) is 4.36. The molecule has 1 aromatic rings. The number of halogens is 2. The van der Waals surface area contributed by atoms with E-state index in [2.05, 4.69) is 38.8 Å². The molecule has 16 heavy (non-hydrogen) atoms. The first kappa shape index (κ1) is 12.4. The minimum absolute atomic E-state index is 0.849. The summed E-state index contributed by atoms with van der Waals surface area (Å²) in [4.78, 5) is 4.81. The van der Waals surface area contributed by atoms with Gasteiger partial charge in [-0.25, -0.2) is 0 Å². The van der Waals surface area contributed by atoms with Crippen LogP contribution < -0.4 is 0 Å². The molecule has 1 aliphatic heterocycles. The highest BCUT2D eigenvalue weighted by atomic mass is 79.9. The Balaban J connectivity index is 2.01. The van der Waals surface area contributed by atoms with Gasteiger partial charge in [0, 0.05) is 37.2 Å². The van der Waals surface area contributed by atoms with Crippen LogP contribution in [0.3, 0.4) is 0 Å². The largest absolute Gasteiger partial charge is 0.304 e. The van der Waals surface area contributed by atoms with Crippen molar-refractivity contribution in [1.82, 2.24) is 9.80 Å². The molecule has 2 nitrogen and oxygen atoms in total. The van der Waals surface area contributed by atoms with Gasteiger partial charge in [-0.15, -0.1) is 0 Å². The van der Waals surface area contributed by atoms with Gasteiger partial charge in [0.05, 0.1) is 5.02 Å². The number of rotatable bonds is 2. The number of likely N-dealkylation sites (N-methyl/N-ethyl adjacent to an activating group) is 1. The zero-order valence-electron chi connectivity index (χ0n) is 9.42. The molecule has 0 atom stereocenters. The van der Waals surface area contributed by atoms with E-state index in [1.165, 1.54) is 5.56 Å². The van der Waals surface area contributed by atoms with Gasteiger partial charge in [0.15, 0.2) is 0 Å². The predicted octanol–water partition coefficient (Wildman–Crippen LogP) is 2.85. The van der Waals surface area contributed by atoms with Gasteiger partial charge in [0.1, 0.15) is 0 Å². The number of piperazine rings is 1. The fourth-order valence-corrected chi connectivity index (χ4v) is 2.51. The highest BCUT2D eigenvalue weighted by Crippen LogP contribution is 2.27. The maximum Gasteiger partial charge on any atom is 0.0593 e. The highest BCUT2D eigenvalue weighted by molar-refractivity contribution is 9.10. The van der Waals surface area contributed by atoms with Gasteiger partial charge in [-0.2, -0.15) is 0 Å². The van der Waals surface area contributed by atoms with Crippen molar-refractivity contribution in [3.63, 3.8) is 0 Å². The van der Waals surface area contributed by atoms with Crippen LogP contribution in [0, 0.1) is 0 Å². The molecular formula is C12H16BrClN2. The molecule has 88 valence electrons. The second kappa shape index (κ2) is 5.50. The molecule has 0 saturated carbocycles. The fourth-order valence-electron chi connectivity index (χ4n) is 1.92.